The van der Waals surface area contributed by atoms with E-state index >= 15 is 0 Å². The molecule has 2 aromatic rings. The first-order valence-electron chi connectivity index (χ1n) is 11.5. The summed E-state index contributed by atoms with van der Waals surface area (Å²) in [5.74, 6) is 0. The molecule has 3 rings (SSSR count). The molecule has 29 heavy (non-hydrogen) atoms. The first-order valence-corrected chi connectivity index (χ1v) is 11.5. The maximum atomic E-state index is 10.3. The fraction of sp³-hybridized carbons (Fsp3) is 0.615. The van der Waals surface area contributed by atoms with Crippen molar-refractivity contribution in [2.24, 2.45) is 0 Å². The van der Waals surface area contributed by atoms with E-state index in [2.05, 4.69) is 79.8 Å². The monoisotopic (exact) mass is 396 g/mol. The summed E-state index contributed by atoms with van der Waals surface area (Å²) in [4.78, 5) is 2.54. The molecule has 160 valence electrons. The van der Waals surface area contributed by atoms with Gasteiger partial charge in [-0.3, -0.25) is 4.90 Å². The molecule has 0 aliphatic heterocycles. The van der Waals surface area contributed by atoms with Crippen molar-refractivity contribution >= 4 is 0 Å². The number of benzene rings is 1. The van der Waals surface area contributed by atoms with Crippen LogP contribution in [0, 0.1) is 0 Å². The van der Waals surface area contributed by atoms with Crippen LogP contribution in [-0.2, 0) is 18.5 Å². The molecule has 0 bridgehead atoms. The van der Waals surface area contributed by atoms with E-state index in [4.69, 9.17) is 0 Å². The zero-order valence-electron chi connectivity index (χ0n) is 18.9. The van der Waals surface area contributed by atoms with Gasteiger partial charge in [0, 0.05) is 37.6 Å². The minimum atomic E-state index is -0.231. The number of hydrogen-bond acceptors (Lipinski definition) is 2. The lowest BCUT2D eigenvalue weighted by atomic mass is 9.87. The van der Waals surface area contributed by atoms with E-state index in [0.29, 0.717) is 6.04 Å². The van der Waals surface area contributed by atoms with Crippen LogP contribution in [0.5, 0.6) is 0 Å². The third kappa shape index (κ3) is 6.20. The van der Waals surface area contributed by atoms with Crippen LogP contribution >= 0.6 is 0 Å². The molecule has 1 aromatic carbocycles. The molecule has 0 unspecified atom stereocenters. The summed E-state index contributed by atoms with van der Waals surface area (Å²) in [6, 6.07) is 14.1. The summed E-state index contributed by atoms with van der Waals surface area (Å²) in [5, 5.41) is 10.3. The van der Waals surface area contributed by atoms with E-state index in [0.717, 1.165) is 26.1 Å². The summed E-state index contributed by atoms with van der Waals surface area (Å²) in [5.41, 5.74) is 4.26. The first-order chi connectivity index (χ1) is 13.9. The van der Waals surface area contributed by atoms with Crippen LogP contribution in [0.2, 0.25) is 0 Å². The Morgan fingerprint density at radius 2 is 1.76 bits per heavy atom. The van der Waals surface area contributed by atoms with Gasteiger partial charge < -0.3 is 9.67 Å². The van der Waals surface area contributed by atoms with Crippen LogP contribution in [0.1, 0.15) is 83.0 Å². The van der Waals surface area contributed by atoms with E-state index in [1.54, 1.807) is 0 Å². The smallest absolute Gasteiger partial charge is 0.0664 e. The van der Waals surface area contributed by atoms with E-state index in [1.807, 2.05) is 0 Å². The molecule has 1 fully saturated rings. The number of aliphatic hydroxyl groups excluding tert-OH is 1. The van der Waals surface area contributed by atoms with Gasteiger partial charge in [-0.2, -0.15) is 0 Å². The minimum Gasteiger partial charge on any atom is -0.392 e. The predicted octanol–water partition coefficient (Wildman–Crippen LogP) is 5.74. The average molecular weight is 397 g/mol. The van der Waals surface area contributed by atoms with Crippen molar-refractivity contribution in [3.05, 3.63) is 59.4 Å². The highest BCUT2D eigenvalue weighted by atomic mass is 16.3. The van der Waals surface area contributed by atoms with Gasteiger partial charge in [-0.15, -0.1) is 0 Å². The standard InChI is InChI=1S/C26H40N2O/c1-5-25(29)20-28(23-10-7-6-8-11-23)19-24-12-9-17-27(24)18-21-13-15-22(16-14-21)26(2,3)4/h9,12-17,23,25,29H,5-8,10-11,18-20H2,1-4H3/t25-/m0/s1. The highest BCUT2D eigenvalue weighted by Gasteiger charge is 2.24. The van der Waals surface area contributed by atoms with Gasteiger partial charge in [0.05, 0.1) is 6.10 Å². The third-order valence-electron chi connectivity index (χ3n) is 6.47. The number of hydrogen-bond donors (Lipinski definition) is 1. The van der Waals surface area contributed by atoms with E-state index in [1.165, 1.54) is 48.9 Å². The van der Waals surface area contributed by atoms with Crippen molar-refractivity contribution in [1.29, 1.82) is 0 Å². The van der Waals surface area contributed by atoms with Gasteiger partial charge in [0.25, 0.3) is 0 Å². The van der Waals surface area contributed by atoms with Crippen LogP contribution in [0.3, 0.4) is 0 Å². The molecule has 1 aliphatic rings. The molecule has 0 spiro atoms. The van der Waals surface area contributed by atoms with Crippen LogP contribution in [0.4, 0.5) is 0 Å². The number of aromatic nitrogens is 1. The summed E-state index contributed by atoms with van der Waals surface area (Å²) in [6.45, 7) is 11.5. The Bertz CT molecular complexity index is 735. The second-order valence-electron chi connectivity index (χ2n) is 9.86. The predicted molar refractivity (Wildman–Crippen MR) is 122 cm³/mol. The summed E-state index contributed by atoms with van der Waals surface area (Å²) in [6.07, 6.45) is 9.34. The normalized spacial score (nSPS) is 17.0. The number of rotatable bonds is 8. The van der Waals surface area contributed by atoms with Crippen molar-refractivity contribution in [2.45, 2.75) is 96.9 Å². The molecule has 0 radical (unpaired) electrons. The molecule has 3 nitrogen and oxygen atoms in total. The van der Waals surface area contributed by atoms with Crippen molar-refractivity contribution in [3.63, 3.8) is 0 Å². The molecule has 1 aromatic heterocycles. The van der Waals surface area contributed by atoms with Gasteiger partial charge in [0.15, 0.2) is 0 Å². The quantitative estimate of drug-likeness (QED) is 0.616. The Morgan fingerprint density at radius 3 is 2.38 bits per heavy atom. The Kier molecular flexibility index (Phi) is 7.59. The van der Waals surface area contributed by atoms with Gasteiger partial charge >= 0.3 is 0 Å². The summed E-state index contributed by atoms with van der Waals surface area (Å²) in [7, 11) is 0. The van der Waals surface area contributed by atoms with Crippen molar-refractivity contribution in [1.82, 2.24) is 9.47 Å². The van der Waals surface area contributed by atoms with Gasteiger partial charge in [0.1, 0.15) is 0 Å². The van der Waals surface area contributed by atoms with Crippen LogP contribution in [-0.4, -0.2) is 33.3 Å². The molecular formula is C26H40N2O. The van der Waals surface area contributed by atoms with Crippen LogP contribution < -0.4 is 0 Å². The molecule has 1 atom stereocenters. The maximum absolute atomic E-state index is 10.3. The molecule has 1 saturated carbocycles. The Balaban J connectivity index is 1.71. The maximum Gasteiger partial charge on any atom is 0.0664 e. The molecule has 3 heteroatoms. The van der Waals surface area contributed by atoms with Gasteiger partial charge in [0.2, 0.25) is 0 Å². The number of aliphatic hydroxyl groups is 1. The SMILES string of the molecule is CC[C@H](O)CN(Cc1cccn1Cc1ccc(C(C)(C)C)cc1)C1CCCCC1. The molecule has 0 amide bonds. The van der Waals surface area contributed by atoms with Gasteiger partial charge in [-0.25, -0.2) is 0 Å². The van der Waals surface area contributed by atoms with E-state index in [9.17, 15) is 5.11 Å². The zero-order chi connectivity index (χ0) is 20.9. The lowest BCUT2D eigenvalue weighted by Crippen LogP contribution is -2.41. The molecule has 1 aliphatic carbocycles. The van der Waals surface area contributed by atoms with Crippen molar-refractivity contribution < 1.29 is 5.11 Å². The average Bonchev–Trinajstić information content (AvgIpc) is 3.14. The van der Waals surface area contributed by atoms with E-state index < -0.39 is 0 Å². The number of nitrogens with zero attached hydrogens (tertiary/aromatic N) is 2. The largest absolute Gasteiger partial charge is 0.392 e. The highest BCUT2D eigenvalue weighted by Crippen LogP contribution is 2.26. The first kappa shape index (κ1) is 22.1. The zero-order valence-corrected chi connectivity index (χ0v) is 18.9. The molecule has 0 saturated heterocycles. The summed E-state index contributed by atoms with van der Waals surface area (Å²) < 4.78 is 2.38. The fourth-order valence-electron chi connectivity index (χ4n) is 4.45. The summed E-state index contributed by atoms with van der Waals surface area (Å²) >= 11 is 0. The lowest BCUT2D eigenvalue weighted by Gasteiger charge is -2.35. The second kappa shape index (κ2) is 9.95. The molecular weight excluding hydrogens is 356 g/mol. The minimum absolute atomic E-state index is 0.192. The van der Waals surface area contributed by atoms with Gasteiger partial charge in [-0.05, 0) is 47.9 Å². The molecule has 1 heterocycles. The second-order valence-corrected chi connectivity index (χ2v) is 9.86. The highest BCUT2D eigenvalue weighted by molar-refractivity contribution is 5.28. The molecule has 1 N–H and O–H groups in total. The van der Waals surface area contributed by atoms with Crippen molar-refractivity contribution in [3.8, 4) is 0 Å². The van der Waals surface area contributed by atoms with Crippen LogP contribution in [0.15, 0.2) is 42.6 Å². The van der Waals surface area contributed by atoms with E-state index in [-0.39, 0.29) is 11.5 Å². The topological polar surface area (TPSA) is 28.4 Å². The third-order valence-corrected chi connectivity index (χ3v) is 6.47. The Hall–Kier alpha value is -1.58. The lowest BCUT2D eigenvalue weighted by molar-refractivity contribution is 0.0643. The fourth-order valence-corrected chi connectivity index (χ4v) is 4.45. The van der Waals surface area contributed by atoms with Gasteiger partial charge in [-0.1, -0.05) is 71.2 Å². The van der Waals surface area contributed by atoms with Crippen molar-refractivity contribution in [2.75, 3.05) is 6.54 Å². The van der Waals surface area contributed by atoms with Crippen LogP contribution in [0.25, 0.3) is 0 Å². The Morgan fingerprint density at radius 1 is 1.07 bits per heavy atom. The Labute approximate surface area is 177 Å².